The van der Waals surface area contributed by atoms with Crippen LogP contribution in [0.25, 0.3) is 44.4 Å². The fourth-order valence-corrected chi connectivity index (χ4v) is 7.69. The van der Waals surface area contributed by atoms with E-state index in [4.69, 9.17) is 28.9 Å². The fraction of sp³-hybridized carbons (Fsp3) is 0.500. The number of aromatic nitrogens is 4. The summed E-state index contributed by atoms with van der Waals surface area (Å²) in [6.45, 7) is 22.7. The van der Waals surface area contributed by atoms with Crippen molar-refractivity contribution in [3.8, 4) is 0 Å². The van der Waals surface area contributed by atoms with Crippen LogP contribution in [0.15, 0.2) is 24.3 Å². The topological polar surface area (TPSA) is 163 Å². The average molecular weight is 823 g/mol. The predicted octanol–water partition coefficient (Wildman–Crippen LogP) is 10.0. The molecule has 0 spiro atoms. The first-order valence-electron chi connectivity index (χ1n) is 21.2. The Morgan fingerprint density at radius 2 is 0.767 bits per heavy atom. The molecule has 5 rings (SSSR count). The summed E-state index contributed by atoms with van der Waals surface area (Å²) in [5.74, 6) is -1.14. The molecule has 12 nitrogen and oxygen atoms in total. The summed E-state index contributed by atoms with van der Waals surface area (Å²) in [6, 6.07) is 8.03. The Labute approximate surface area is 353 Å². The monoisotopic (exact) mass is 822 g/mol. The number of ether oxygens (including phenoxy) is 4. The number of rotatable bonds is 16. The molecule has 0 amide bonds. The summed E-state index contributed by atoms with van der Waals surface area (Å²) in [5.41, 5.74) is 13.6. The van der Waals surface area contributed by atoms with Crippen molar-refractivity contribution < 1.29 is 38.1 Å². The van der Waals surface area contributed by atoms with E-state index in [1.807, 2.05) is 107 Å². The fourth-order valence-electron chi connectivity index (χ4n) is 7.69. The Balaban J connectivity index is 1.81. The Hall–Kier alpha value is -5.52. The standard InChI is InChI=1S/C48H62N4O8/c1-25(2)57-45(53)17-13-33-29(9)37-21-38-30(10)35(15-19-47(55)59-27(5)6)43(50-38)24-44-36(16-20-48(56)60-28(7)8)32(12)40(52-44)23-42-34(14-18-46(54)58-26(3)4)31(11)39(51-42)22-41(33)49-37/h21-28,50,52H,13-20H2,1-12H3. The van der Waals surface area contributed by atoms with Gasteiger partial charge >= 0.3 is 23.9 Å². The zero-order valence-corrected chi connectivity index (χ0v) is 37.4. The summed E-state index contributed by atoms with van der Waals surface area (Å²) >= 11 is 0. The third-order valence-corrected chi connectivity index (χ3v) is 10.6. The molecule has 0 saturated carbocycles. The van der Waals surface area contributed by atoms with Crippen molar-refractivity contribution in [2.45, 2.75) is 159 Å². The van der Waals surface area contributed by atoms with Gasteiger partial charge in [-0.05, 0) is 178 Å². The molecule has 2 N–H and O–H groups in total. The summed E-state index contributed by atoms with van der Waals surface area (Å²) < 4.78 is 22.0. The van der Waals surface area contributed by atoms with Crippen molar-refractivity contribution in [3.05, 3.63) is 69.3 Å². The van der Waals surface area contributed by atoms with Gasteiger partial charge in [0.1, 0.15) is 0 Å². The van der Waals surface area contributed by atoms with Gasteiger partial charge in [0.15, 0.2) is 0 Å². The van der Waals surface area contributed by atoms with Crippen LogP contribution in [0.5, 0.6) is 0 Å². The molecular formula is C48H62N4O8. The molecule has 0 saturated heterocycles. The van der Waals surface area contributed by atoms with E-state index in [-0.39, 0.29) is 74.0 Å². The largest absolute Gasteiger partial charge is 0.463 e. The molecule has 2 aliphatic heterocycles. The van der Waals surface area contributed by atoms with E-state index in [2.05, 4.69) is 9.97 Å². The predicted molar refractivity (Wildman–Crippen MR) is 235 cm³/mol. The Kier molecular flexibility index (Phi) is 15.0. The molecule has 3 aromatic rings. The highest BCUT2D eigenvalue weighted by molar-refractivity contribution is 5.96. The number of allylic oxidation sites excluding steroid dienone is 4. The Morgan fingerprint density at radius 1 is 0.450 bits per heavy atom. The van der Waals surface area contributed by atoms with E-state index in [0.717, 1.165) is 72.3 Å². The molecule has 2 aliphatic rings. The van der Waals surface area contributed by atoms with Gasteiger partial charge in [0.2, 0.25) is 0 Å². The maximum atomic E-state index is 12.9. The second kappa shape index (κ2) is 19.7. The summed E-state index contributed by atoms with van der Waals surface area (Å²) in [5, 5.41) is 0. The molecule has 0 aromatic carbocycles. The summed E-state index contributed by atoms with van der Waals surface area (Å²) in [7, 11) is 0. The minimum Gasteiger partial charge on any atom is -0.463 e. The Morgan fingerprint density at radius 3 is 1.13 bits per heavy atom. The minimum absolute atomic E-state index is 0.175. The molecule has 322 valence electrons. The lowest BCUT2D eigenvalue weighted by Crippen LogP contribution is -2.12. The van der Waals surface area contributed by atoms with Crippen molar-refractivity contribution in [1.82, 2.24) is 19.9 Å². The van der Waals surface area contributed by atoms with E-state index in [0.29, 0.717) is 42.8 Å². The molecule has 5 heterocycles. The summed E-state index contributed by atoms with van der Waals surface area (Å²) in [4.78, 5) is 69.0. The van der Waals surface area contributed by atoms with Crippen molar-refractivity contribution in [1.29, 1.82) is 0 Å². The minimum atomic E-state index is -0.290. The van der Waals surface area contributed by atoms with Gasteiger partial charge in [-0.1, -0.05) is 0 Å². The van der Waals surface area contributed by atoms with Gasteiger partial charge in [0.25, 0.3) is 0 Å². The molecule has 0 fully saturated rings. The van der Waals surface area contributed by atoms with Crippen LogP contribution in [-0.4, -0.2) is 68.2 Å². The summed E-state index contributed by atoms with van der Waals surface area (Å²) in [6.07, 6.45) is 1.50. The highest BCUT2D eigenvalue weighted by Crippen LogP contribution is 2.38. The molecular weight excluding hydrogens is 761 g/mol. The van der Waals surface area contributed by atoms with Crippen LogP contribution >= 0.6 is 0 Å². The molecule has 12 heteroatoms. The molecule has 8 bridgehead atoms. The van der Waals surface area contributed by atoms with Gasteiger partial charge in [0.05, 0.1) is 47.2 Å². The number of hydrogen-bond acceptors (Lipinski definition) is 10. The number of H-pyrrole nitrogens is 2. The van der Waals surface area contributed by atoms with Gasteiger partial charge in [-0.15, -0.1) is 0 Å². The van der Waals surface area contributed by atoms with Crippen molar-refractivity contribution in [2.75, 3.05) is 0 Å². The number of carbonyl (C=O) groups excluding carboxylic acids is 4. The van der Waals surface area contributed by atoms with Crippen LogP contribution in [0.3, 0.4) is 0 Å². The van der Waals surface area contributed by atoms with Crippen LogP contribution in [0.1, 0.15) is 153 Å². The number of nitrogens with zero attached hydrogens (tertiary/aromatic N) is 2. The van der Waals surface area contributed by atoms with Gasteiger partial charge in [-0.3, -0.25) is 19.2 Å². The van der Waals surface area contributed by atoms with Gasteiger partial charge < -0.3 is 28.9 Å². The zero-order chi connectivity index (χ0) is 44.0. The second-order valence-corrected chi connectivity index (χ2v) is 16.8. The number of aryl methyl sites for hydroxylation is 4. The van der Waals surface area contributed by atoms with Crippen LogP contribution in [0.2, 0.25) is 0 Å². The van der Waals surface area contributed by atoms with Gasteiger partial charge in [-0.2, -0.15) is 0 Å². The zero-order valence-electron chi connectivity index (χ0n) is 37.4. The first-order chi connectivity index (χ1) is 28.3. The number of hydrogen-bond donors (Lipinski definition) is 2. The lowest BCUT2D eigenvalue weighted by molar-refractivity contribution is -0.148. The molecule has 0 unspecified atom stereocenters. The average Bonchev–Trinajstić information content (AvgIpc) is 3.79. The van der Waals surface area contributed by atoms with E-state index >= 15 is 0 Å². The number of esters is 4. The lowest BCUT2D eigenvalue weighted by atomic mass is 9.98. The SMILES string of the molecule is CC1=C(CCC(=O)OC(C)C)c2cc3nc(cc4[nH]c(cc5[nH]c(cc1n2)c(C)c5CCC(=O)OC(C)C)c(CCC(=O)OC(C)C)c4C)C(CCC(=O)OC(C)C)=C3C. The van der Waals surface area contributed by atoms with Crippen LogP contribution in [0.4, 0.5) is 0 Å². The third kappa shape index (κ3) is 11.4. The highest BCUT2D eigenvalue weighted by Gasteiger charge is 2.24. The third-order valence-electron chi connectivity index (χ3n) is 10.6. The highest BCUT2D eigenvalue weighted by atomic mass is 16.6. The van der Waals surface area contributed by atoms with E-state index in [1.165, 1.54) is 0 Å². The second-order valence-electron chi connectivity index (χ2n) is 16.8. The number of carbonyl (C=O) groups is 4. The molecule has 3 aromatic heterocycles. The van der Waals surface area contributed by atoms with Crippen LogP contribution in [-0.2, 0) is 51.0 Å². The maximum absolute atomic E-state index is 12.9. The normalized spacial score (nSPS) is 12.9. The van der Waals surface area contributed by atoms with Crippen molar-refractivity contribution in [3.63, 3.8) is 0 Å². The Bertz CT molecular complexity index is 2370. The van der Waals surface area contributed by atoms with Gasteiger partial charge in [-0.25, -0.2) is 9.97 Å². The van der Waals surface area contributed by atoms with Crippen LogP contribution in [0, 0.1) is 13.8 Å². The van der Waals surface area contributed by atoms with E-state index in [1.54, 1.807) is 0 Å². The number of aromatic amines is 2. The van der Waals surface area contributed by atoms with Crippen molar-refractivity contribution >= 4 is 68.2 Å². The maximum Gasteiger partial charge on any atom is 0.306 e. The number of nitrogens with one attached hydrogen (secondary N) is 2. The smallest absolute Gasteiger partial charge is 0.306 e. The molecule has 0 radical (unpaired) electrons. The molecule has 0 atom stereocenters. The lowest BCUT2D eigenvalue weighted by Gasteiger charge is -2.09. The van der Waals surface area contributed by atoms with E-state index < -0.39 is 0 Å². The van der Waals surface area contributed by atoms with Crippen LogP contribution < -0.4 is 0 Å². The quantitative estimate of drug-likeness (QED) is 0.105. The van der Waals surface area contributed by atoms with Crippen molar-refractivity contribution in [2.24, 2.45) is 0 Å². The molecule has 60 heavy (non-hydrogen) atoms. The van der Waals surface area contributed by atoms with E-state index in [9.17, 15) is 19.2 Å². The number of fused-ring (bicyclic) bond motifs is 8. The molecule has 0 aliphatic carbocycles. The first-order valence-corrected chi connectivity index (χ1v) is 21.2. The van der Waals surface area contributed by atoms with Gasteiger partial charge in [0, 0.05) is 47.8 Å². The first kappa shape index (κ1) is 45.6.